The fraction of sp³-hybridized carbons (Fsp3) is 0.758. The monoisotopic (exact) mass is 586 g/mol. The molecule has 3 aliphatic heterocycles. The summed E-state index contributed by atoms with van der Waals surface area (Å²) in [7, 11) is 0. The Labute approximate surface area is 253 Å². The Morgan fingerprint density at radius 2 is 1.50 bits per heavy atom. The van der Waals surface area contributed by atoms with Gasteiger partial charge in [0.2, 0.25) is 0 Å². The number of piperidine rings is 2. The maximum atomic E-state index is 12.6. The van der Waals surface area contributed by atoms with E-state index in [1.54, 1.807) is 0 Å². The molecule has 1 aromatic rings. The van der Waals surface area contributed by atoms with Crippen LogP contribution in [0.1, 0.15) is 93.4 Å². The van der Waals surface area contributed by atoms with Crippen LogP contribution in [0.15, 0.2) is 24.3 Å². The highest BCUT2D eigenvalue weighted by molar-refractivity contribution is 5.75. The van der Waals surface area contributed by atoms with Crippen LogP contribution in [-0.4, -0.2) is 78.7 Å². The molecule has 2 amide bonds. The van der Waals surface area contributed by atoms with Gasteiger partial charge in [0, 0.05) is 32.7 Å². The summed E-state index contributed by atoms with van der Waals surface area (Å²) in [4.78, 5) is 38.0. The maximum absolute atomic E-state index is 12.6. The number of anilines is 2. The van der Waals surface area contributed by atoms with E-state index in [0.717, 1.165) is 70.3 Å². The van der Waals surface area contributed by atoms with Crippen molar-refractivity contribution in [3.63, 3.8) is 0 Å². The number of para-hydroxylation sites is 2. The molecular formula is C33H54N4O5. The van der Waals surface area contributed by atoms with E-state index in [2.05, 4.69) is 41.2 Å². The topological polar surface area (TPSA) is 74.8 Å². The predicted octanol–water partition coefficient (Wildman–Crippen LogP) is 7.06. The second-order valence-corrected chi connectivity index (χ2v) is 14.2. The highest BCUT2D eigenvalue weighted by atomic mass is 16.7. The number of likely N-dealkylation sites (tertiary alicyclic amines) is 2. The van der Waals surface area contributed by atoms with Gasteiger partial charge in [0.25, 0.3) is 0 Å². The van der Waals surface area contributed by atoms with Crippen LogP contribution in [0.2, 0.25) is 0 Å². The molecule has 9 nitrogen and oxygen atoms in total. The molecule has 236 valence electrons. The minimum atomic E-state index is -0.477. The third-order valence-electron chi connectivity index (χ3n) is 8.38. The van der Waals surface area contributed by atoms with Gasteiger partial charge in [-0.1, -0.05) is 19.1 Å². The van der Waals surface area contributed by atoms with Gasteiger partial charge in [-0.25, -0.2) is 14.7 Å². The Balaban J connectivity index is 1.27. The van der Waals surface area contributed by atoms with Gasteiger partial charge in [-0.05, 0) is 110 Å². The molecule has 1 aromatic carbocycles. The number of rotatable bonds is 8. The highest BCUT2D eigenvalue weighted by Crippen LogP contribution is 2.38. The molecule has 2 unspecified atom stereocenters. The van der Waals surface area contributed by atoms with Gasteiger partial charge in [-0.15, -0.1) is 0 Å². The summed E-state index contributed by atoms with van der Waals surface area (Å²) in [5.41, 5.74) is 1.39. The lowest BCUT2D eigenvalue weighted by Gasteiger charge is -2.37. The van der Waals surface area contributed by atoms with E-state index < -0.39 is 11.2 Å². The SMILES string of the molecule is CCC(ON1CN(CCCC2CCCN(C(=O)OC(C)(C)C)C2)c2ccccc21)C1CCN(C(=O)OC(C)(C)C)CC1. The number of ether oxygens (including phenoxy) is 2. The van der Waals surface area contributed by atoms with E-state index in [1.165, 1.54) is 5.69 Å². The van der Waals surface area contributed by atoms with Crippen molar-refractivity contribution in [1.29, 1.82) is 0 Å². The minimum Gasteiger partial charge on any atom is -0.444 e. The summed E-state index contributed by atoms with van der Waals surface area (Å²) in [6.07, 6.45) is 6.80. The number of hydrogen-bond donors (Lipinski definition) is 0. The van der Waals surface area contributed by atoms with Gasteiger partial charge in [0.1, 0.15) is 17.9 Å². The van der Waals surface area contributed by atoms with Gasteiger partial charge < -0.3 is 24.2 Å². The van der Waals surface area contributed by atoms with Crippen molar-refractivity contribution < 1.29 is 23.9 Å². The molecular weight excluding hydrogens is 532 g/mol. The number of hydroxylamine groups is 1. The van der Waals surface area contributed by atoms with Crippen molar-refractivity contribution in [3.8, 4) is 0 Å². The lowest BCUT2D eigenvalue weighted by molar-refractivity contribution is -0.0291. The van der Waals surface area contributed by atoms with Crippen molar-refractivity contribution >= 4 is 23.6 Å². The minimum absolute atomic E-state index is 0.0971. The summed E-state index contributed by atoms with van der Waals surface area (Å²) in [5.74, 6) is 0.904. The van der Waals surface area contributed by atoms with E-state index in [9.17, 15) is 9.59 Å². The number of fused-ring (bicyclic) bond motifs is 1. The lowest BCUT2D eigenvalue weighted by atomic mass is 9.90. The Bertz CT molecular complexity index is 1040. The first kappa shape index (κ1) is 32.2. The average Bonchev–Trinajstić information content (AvgIpc) is 3.27. The lowest BCUT2D eigenvalue weighted by Crippen LogP contribution is -2.45. The number of nitrogens with zero attached hydrogens (tertiary/aromatic N) is 4. The summed E-state index contributed by atoms with van der Waals surface area (Å²) < 4.78 is 11.2. The molecule has 0 aliphatic carbocycles. The molecule has 0 spiro atoms. The van der Waals surface area contributed by atoms with Crippen LogP contribution in [0.25, 0.3) is 0 Å². The van der Waals surface area contributed by atoms with Gasteiger partial charge >= 0.3 is 12.2 Å². The fourth-order valence-electron chi connectivity index (χ4n) is 6.33. The predicted molar refractivity (Wildman–Crippen MR) is 167 cm³/mol. The summed E-state index contributed by atoms with van der Waals surface area (Å²) in [6, 6.07) is 8.50. The first-order valence-electron chi connectivity index (χ1n) is 16.1. The van der Waals surface area contributed by atoms with Crippen LogP contribution in [0.5, 0.6) is 0 Å². The number of benzene rings is 1. The van der Waals surface area contributed by atoms with Crippen LogP contribution in [-0.2, 0) is 14.3 Å². The second kappa shape index (κ2) is 13.7. The summed E-state index contributed by atoms with van der Waals surface area (Å²) in [6.45, 7) is 18.3. The quantitative estimate of drug-likeness (QED) is 0.323. The summed E-state index contributed by atoms with van der Waals surface area (Å²) in [5, 5.41) is 2.08. The maximum Gasteiger partial charge on any atom is 0.410 e. The molecule has 2 saturated heterocycles. The van der Waals surface area contributed by atoms with Crippen molar-refractivity contribution in [2.75, 3.05) is 49.4 Å². The zero-order valence-electron chi connectivity index (χ0n) is 27.1. The summed E-state index contributed by atoms with van der Waals surface area (Å²) >= 11 is 0. The highest BCUT2D eigenvalue weighted by Gasteiger charge is 2.34. The molecule has 2 atom stereocenters. The van der Waals surface area contributed by atoms with Gasteiger partial charge in [0.15, 0.2) is 0 Å². The Hall–Kier alpha value is -2.68. The molecule has 0 saturated carbocycles. The second-order valence-electron chi connectivity index (χ2n) is 14.2. The van der Waals surface area contributed by atoms with Crippen LogP contribution >= 0.6 is 0 Å². The van der Waals surface area contributed by atoms with Gasteiger partial charge in [-0.3, -0.25) is 4.84 Å². The number of hydrogen-bond acceptors (Lipinski definition) is 7. The molecule has 0 N–H and O–H groups in total. The molecule has 42 heavy (non-hydrogen) atoms. The van der Waals surface area contributed by atoms with Gasteiger partial charge in [0.05, 0.1) is 17.5 Å². The van der Waals surface area contributed by atoms with E-state index in [0.29, 0.717) is 31.6 Å². The zero-order chi connectivity index (χ0) is 30.5. The Morgan fingerprint density at radius 3 is 2.12 bits per heavy atom. The van der Waals surface area contributed by atoms with E-state index in [1.807, 2.05) is 51.3 Å². The number of carbonyl (C=O) groups is 2. The molecule has 3 heterocycles. The zero-order valence-corrected chi connectivity index (χ0v) is 27.1. The van der Waals surface area contributed by atoms with Gasteiger partial charge in [-0.2, -0.15) is 0 Å². The molecule has 3 aliphatic rings. The number of carbonyl (C=O) groups excluding carboxylic acids is 2. The van der Waals surface area contributed by atoms with Crippen LogP contribution < -0.4 is 9.96 Å². The molecule has 0 aromatic heterocycles. The van der Waals surface area contributed by atoms with Crippen LogP contribution in [0, 0.1) is 11.8 Å². The largest absolute Gasteiger partial charge is 0.444 e. The smallest absolute Gasteiger partial charge is 0.410 e. The van der Waals surface area contributed by atoms with Crippen molar-refractivity contribution in [2.45, 2.75) is 111 Å². The average molecular weight is 587 g/mol. The van der Waals surface area contributed by atoms with Crippen molar-refractivity contribution in [1.82, 2.24) is 9.80 Å². The third kappa shape index (κ3) is 8.91. The molecule has 0 radical (unpaired) electrons. The van der Waals surface area contributed by atoms with Crippen LogP contribution in [0.4, 0.5) is 21.0 Å². The molecule has 9 heteroatoms. The normalized spacial score (nSPS) is 20.9. The Kier molecular flexibility index (Phi) is 10.5. The molecule has 0 bridgehead atoms. The fourth-order valence-corrected chi connectivity index (χ4v) is 6.33. The van der Waals surface area contributed by atoms with E-state index in [-0.39, 0.29) is 18.3 Å². The first-order chi connectivity index (χ1) is 19.8. The Morgan fingerprint density at radius 1 is 0.881 bits per heavy atom. The van der Waals surface area contributed by atoms with E-state index >= 15 is 0 Å². The van der Waals surface area contributed by atoms with Crippen LogP contribution in [0.3, 0.4) is 0 Å². The third-order valence-corrected chi connectivity index (χ3v) is 8.38. The van der Waals surface area contributed by atoms with Crippen molar-refractivity contribution in [3.05, 3.63) is 24.3 Å². The van der Waals surface area contributed by atoms with E-state index in [4.69, 9.17) is 14.3 Å². The standard InChI is InChI=1S/C33H54N4O5/c1-8-29(26-17-21-34(22-18-26)30(38)40-32(2,3)4)42-37-24-36(27-15-9-10-16-28(27)37)20-12-14-25-13-11-19-35(23-25)31(39)41-33(5,6)7/h9-10,15-16,25-26,29H,8,11-14,17-24H2,1-7H3. The van der Waals surface area contributed by atoms with Crippen molar-refractivity contribution in [2.24, 2.45) is 11.8 Å². The first-order valence-corrected chi connectivity index (χ1v) is 16.1. The molecule has 4 rings (SSSR count). The number of amides is 2. The molecule has 2 fully saturated rings.